The van der Waals surface area contributed by atoms with Gasteiger partial charge >= 0.3 is 5.97 Å². The lowest BCUT2D eigenvalue weighted by molar-refractivity contribution is -0.147. The highest BCUT2D eigenvalue weighted by Crippen LogP contribution is 2.32. The molecule has 1 aliphatic carbocycles. The lowest BCUT2D eigenvalue weighted by Crippen LogP contribution is -2.31. The molecule has 3 aromatic rings. The molecule has 1 atom stereocenters. The van der Waals surface area contributed by atoms with Crippen LogP contribution in [0.4, 0.5) is 30.8 Å². The van der Waals surface area contributed by atoms with Gasteiger partial charge in [-0.15, -0.1) is 0 Å². The van der Waals surface area contributed by atoms with Gasteiger partial charge in [-0.1, -0.05) is 0 Å². The van der Waals surface area contributed by atoms with Crippen molar-refractivity contribution in [1.82, 2.24) is 19.5 Å². The van der Waals surface area contributed by atoms with Crippen molar-refractivity contribution < 1.29 is 27.4 Å². The molecule has 1 saturated heterocycles. The summed E-state index contributed by atoms with van der Waals surface area (Å²) < 4.78 is 54.5. The topological polar surface area (TPSA) is 103 Å². The Morgan fingerprint density at radius 2 is 1.86 bits per heavy atom. The first-order valence-electron chi connectivity index (χ1n) is 11.6. The molecular formula is C23H25F3N6O3. The first-order chi connectivity index (χ1) is 16.9. The number of anilines is 3. The van der Waals surface area contributed by atoms with Crippen molar-refractivity contribution >= 4 is 34.7 Å². The van der Waals surface area contributed by atoms with Gasteiger partial charge in [0.2, 0.25) is 11.9 Å². The fourth-order valence-corrected chi connectivity index (χ4v) is 4.64. The number of benzene rings is 1. The maximum atomic E-state index is 14.3. The van der Waals surface area contributed by atoms with Gasteiger partial charge < -0.3 is 20.1 Å². The van der Waals surface area contributed by atoms with Gasteiger partial charge in [-0.25, -0.2) is 23.1 Å². The van der Waals surface area contributed by atoms with Crippen LogP contribution in [-0.4, -0.2) is 50.8 Å². The van der Waals surface area contributed by atoms with Gasteiger partial charge in [0.1, 0.15) is 23.1 Å². The lowest BCUT2D eigenvalue weighted by Gasteiger charge is -2.28. The second-order valence-corrected chi connectivity index (χ2v) is 8.82. The Hall–Kier alpha value is -3.41. The number of rotatable bonds is 6. The average Bonchev–Trinajstić information content (AvgIpc) is 3.44. The number of nitrogens with zero attached hydrogens (tertiary/aromatic N) is 4. The lowest BCUT2D eigenvalue weighted by atomic mass is 9.93. The molecule has 0 spiro atoms. The van der Waals surface area contributed by atoms with Gasteiger partial charge in [-0.05, 0) is 32.1 Å². The first kappa shape index (κ1) is 23.3. The van der Waals surface area contributed by atoms with Gasteiger partial charge in [0.15, 0.2) is 17.3 Å². The number of nitrogens with one attached hydrogen (secondary N) is 2. The molecule has 1 aliphatic heterocycles. The zero-order valence-corrected chi connectivity index (χ0v) is 19.1. The third kappa shape index (κ3) is 5.02. The minimum atomic E-state index is -1.07. The van der Waals surface area contributed by atoms with E-state index in [1.807, 2.05) is 0 Å². The summed E-state index contributed by atoms with van der Waals surface area (Å²) in [6, 6.07) is 1.17. The van der Waals surface area contributed by atoms with E-state index < -0.39 is 23.1 Å². The number of imidazole rings is 1. The molecule has 0 amide bonds. The molecule has 186 valence electrons. The number of carbonyl (C=O) groups is 1. The van der Waals surface area contributed by atoms with Crippen LogP contribution in [0.3, 0.4) is 0 Å². The van der Waals surface area contributed by atoms with Crippen LogP contribution in [0.1, 0.15) is 45.1 Å². The molecule has 2 N–H and O–H groups in total. The predicted octanol–water partition coefficient (Wildman–Crippen LogP) is 4.23. The first-order valence-corrected chi connectivity index (χ1v) is 11.6. The number of ether oxygens (including phenoxy) is 2. The molecule has 0 radical (unpaired) electrons. The van der Waals surface area contributed by atoms with Crippen LogP contribution in [0, 0.1) is 17.5 Å². The minimum Gasteiger partial charge on any atom is -0.463 e. The number of fused-ring (bicyclic) bond motifs is 1. The third-order valence-corrected chi connectivity index (χ3v) is 6.29. The van der Waals surface area contributed by atoms with E-state index in [0.29, 0.717) is 48.9 Å². The summed E-state index contributed by atoms with van der Waals surface area (Å²) in [5, 5.41) is 6.00. The highest BCUT2D eigenvalue weighted by atomic mass is 19.1. The molecule has 3 heterocycles. The molecule has 1 saturated carbocycles. The Morgan fingerprint density at radius 3 is 2.51 bits per heavy atom. The molecule has 5 rings (SSSR count). The van der Waals surface area contributed by atoms with Crippen LogP contribution in [0.5, 0.6) is 0 Å². The van der Waals surface area contributed by atoms with Crippen molar-refractivity contribution in [3.63, 3.8) is 0 Å². The maximum Gasteiger partial charge on any atom is 0.302 e. The fraction of sp³-hybridized carbons (Fsp3) is 0.478. The number of aromatic nitrogens is 4. The molecule has 35 heavy (non-hydrogen) atoms. The van der Waals surface area contributed by atoms with E-state index in [1.165, 1.54) is 6.92 Å². The standard InChI is InChI=1S/C23H25F3N6O3/c1-12(33)35-16-4-2-14(3-5-16)28-22-27-10-19-21(31-22)32(15-6-7-34-11-15)23(29-19)30-20-17(25)8-13(24)9-18(20)26/h8-10,14-16H,2-7,11H2,1H3,(H,29,30)(H,27,28,31)/t14?,15-,16?/m0/s1. The van der Waals surface area contributed by atoms with Crippen LogP contribution in [0.2, 0.25) is 0 Å². The smallest absolute Gasteiger partial charge is 0.302 e. The van der Waals surface area contributed by atoms with Gasteiger partial charge in [0, 0.05) is 31.7 Å². The zero-order valence-electron chi connectivity index (χ0n) is 19.1. The summed E-state index contributed by atoms with van der Waals surface area (Å²) in [5.41, 5.74) is 0.418. The number of hydrogen-bond acceptors (Lipinski definition) is 8. The van der Waals surface area contributed by atoms with E-state index in [4.69, 9.17) is 9.47 Å². The Balaban J connectivity index is 1.42. The van der Waals surface area contributed by atoms with Crippen LogP contribution in [0.25, 0.3) is 11.2 Å². The molecule has 2 aliphatic rings. The van der Waals surface area contributed by atoms with Crippen molar-refractivity contribution in [3.8, 4) is 0 Å². The van der Waals surface area contributed by atoms with Gasteiger partial charge in [0.25, 0.3) is 0 Å². The van der Waals surface area contributed by atoms with E-state index in [9.17, 15) is 18.0 Å². The summed E-state index contributed by atoms with van der Waals surface area (Å²) in [6.45, 7) is 2.33. The van der Waals surface area contributed by atoms with Crippen molar-refractivity contribution in [2.45, 2.75) is 57.2 Å². The normalized spacial score (nSPS) is 22.3. The Bertz CT molecular complexity index is 1220. The van der Waals surface area contributed by atoms with E-state index in [-0.39, 0.29) is 30.1 Å². The van der Waals surface area contributed by atoms with Crippen molar-refractivity contribution in [2.24, 2.45) is 0 Å². The van der Waals surface area contributed by atoms with Crippen LogP contribution >= 0.6 is 0 Å². The van der Waals surface area contributed by atoms with Gasteiger partial charge in [0.05, 0.1) is 18.8 Å². The van der Waals surface area contributed by atoms with Crippen LogP contribution < -0.4 is 10.6 Å². The molecule has 1 aromatic carbocycles. The number of carbonyl (C=O) groups excluding carboxylic acids is 1. The summed E-state index contributed by atoms with van der Waals surface area (Å²) >= 11 is 0. The van der Waals surface area contributed by atoms with Crippen LogP contribution in [-0.2, 0) is 14.3 Å². The fourth-order valence-electron chi connectivity index (χ4n) is 4.64. The van der Waals surface area contributed by atoms with E-state index in [2.05, 4.69) is 25.6 Å². The third-order valence-electron chi connectivity index (χ3n) is 6.29. The number of esters is 1. The molecular weight excluding hydrogens is 465 g/mol. The second-order valence-electron chi connectivity index (χ2n) is 8.82. The molecule has 2 fully saturated rings. The monoisotopic (exact) mass is 490 g/mol. The summed E-state index contributed by atoms with van der Waals surface area (Å²) in [7, 11) is 0. The van der Waals surface area contributed by atoms with Gasteiger partial charge in [-0.3, -0.25) is 9.36 Å². The van der Waals surface area contributed by atoms with E-state index >= 15 is 0 Å². The second kappa shape index (κ2) is 9.68. The highest BCUT2D eigenvalue weighted by Gasteiger charge is 2.27. The van der Waals surface area contributed by atoms with E-state index in [1.54, 1.807) is 10.8 Å². The van der Waals surface area contributed by atoms with Crippen LogP contribution in [0.15, 0.2) is 18.3 Å². The molecule has 2 aromatic heterocycles. The minimum absolute atomic E-state index is 0.0707. The average molecular weight is 490 g/mol. The van der Waals surface area contributed by atoms with E-state index in [0.717, 1.165) is 25.7 Å². The number of hydrogen-bond donors (Lipinski definition) is 2. The molecule has 9 nitrogen and oxygen atoms in total. The largest absolute Gasteiger partial charge is 0.463 e. The Morgan fingerprint density at radius 1 is 1.11 bits per heavy atom. The van der Waals surface area contributed by atoms with Crippen molar-refractivity contribution in [2.75, 3.05) is 23.8 Å². The quantitative estimate of drug-likeness (QED) is 0.495. The Kier molecular flexibility index (Phi) is 6.46. The summed E-state index contributed by atoms with van der Waals surface area (Å²) in [4.78, 5) is 24.6. The summed E-state index contributed by atoms with van der Waals surface area (Å²) in [5.74, 6) is -2.86. The number of halogens is 3. The zero-order chi connectivity index (χ0) is 24.5. The SMILES string of the molecule is CC(=O)OC1CCC(Nc2ncc3nc(Nc4c(F)cc(F)cc4F)n([C@H]4CCOC4)c3n2)CC1. The molecule has 12 heteroatoms. The summed E-state index contributed by atoms with van der Waals surface area (Å²) in [6.07, 6.45) is 5.24. The molecule has 0 unspecified atom stereocenters. The van der Waals surface area contributed by atoms with Gasteiger partial charge in [-0.2, -0.15) is 4.98 Å². The highest BCUT2D eigenvalue weighted by molar-refractivity contribution is 5.76. The van der Waals surface area contributed by atoms with Crippen molar-refractivity contribution in [3.05, 3.63) is 35.8 Å². The maximum absolute atomic E-state index is 14.3. The predicted molar refractivity (Wildman–Crippen MR) is 121 cm³/mol. The Labute approximate surface area is 199 Å². The molecule has 0 bridgehead atoms. The van der Waals surface area contributed by atoms with Crippen molar-refractivity contribution in [1.29, 1.82) is 0 Å².